The molecule has 0 fully saturated rings. The Labute approximate surface area is 396 Å². The van der Waals surface area contributed by atoms with Crippen LogP contribution in [0.15, 0.2) is 265 Å². The van der Waals surface area contributed by atoms with E-state index in [9.17, 15) is 0 Å². The maximum atomic E-state index is 6.01. The van der Waals surface area contributed by atoms with Gasteiger partial charge in [-0.05, 0) is 116 Å². The zero-order chi connectivity index (χ0) is 45.4. The molecule has 4 heteroatoms. The first-order chi connectivity index (χ1) is 33.7. The van der Waals surface area contributed by atoms with E-state index in [1.807, 2.05) is 12.2 Å². The molecule has 0 spiro atoms. The van der Waals surface area contributed by atoms with Crippen LogP contribution in [0.5, 0.6) is 0 Å². The Morgan fingerprint density at radius 2 is 1.06 bits per heavy atom. The van der Waals surface area contributed by atoms with Crippen LogP contribution in [0.3, 0.4) is 0 Å². The highest BCUT2D eigenvalue weighted by molar-refractivity contribution is 6.19. The van der Waals surface area contributed by atoms with E-state index < -0.39 is 0 Å². The number of benzene rings is 10. The van der Waals surface area contributed by atoms with Crippen molar-refractivity contribution >= 4 is 71.7 Å². The van der Waals surface area contributed by atoms with E-state index in [4.69, 9.17) is 10.7 Å². The summed E-state index contributed by atoms with van der Waals surface area (Å²) in [5.41, 5.74) is 22.7. The monoisotopic (exact) mass is 870 g/mol. The van der Waals surface area contributed by atoms with Gasteiger partial charge in [-0.2, -0.15) is 0 Å². The second-order valence-electron chi connectivity index (χ2n) is 17.2. The number of allylic oxidation sites excluding steroid dienone is 5. The lowest BCUT2D eigenvalue weighted by Gasteiger charge is -2.27. The molecule has 1 aliphatic rings. The fourth-order valence-corrected chi connectivity index (χ4v) is 10.1. The smallest absolute Gasteiger partial charge is 0.0866 e. The van der Waals surface area contributed by atoms with E-state index in [2.05, 4.69) is 252 Å². The van der Waals surface area contributed by atoms with Crippen LogP contribution in [0.1, 0.15) is 11.1 Å². The van der Waals surface area contributed by atoms with Gasteiger partial charge in [0.15, 0.2) is 0 Å². The zero-order valence-electron chi connectivity index (χ0n) is 37.4. The lowest BCUT2D eigenvalue weighted by molar-refractivity contribution is 1.07. The molecule has 0 atom stereocenters. The van der Waals surface area contributed by atoms with Gasteiger partial charge < -0.3 is 15.2 Å². The quantitative estimate of drug-likeness (QED) is 0.157. The first-order valence-corrected chi connectivity index (χ1v) is 23.2. The number of fused-ring (bicyclic) bond motifs is 5. The molecule has 0 amide bonds. The third-order valence-electron chi connectivity index (χ3n) is 13.2. The number of nitrogens with two attached hydrogens (primary N) is 1. The van der Waals surface area contributed by atoms with Crippen molar-refractivity contribution in [2.45, 2.75) is 0 Å². The molecule has 0 bridgehead atoms. The largest absolute Gasteiger partial charge is 0.312 e. The van der Waals surface area contributed by atoms with Crippen molar-refractivity contribution < 1.29 is 0 Å². The van der Waals surface area contributed by atoms with Gasteiger partial charge in [0, 0.05) is 38.8 Å². The van der Waals surface area contributed by atoms with Crippen LogP contribution in [0, 0.1) is 0 Å². The highest BCUT2D eigenvalue weighted by Crippen LogP contribution is 2.43. The Hall–Kier alpha value is -8.83. The van der Waals surface area contributed by atoms with Crippen molar-refractivity contribution in [3.05, 3.63) is 272 Å². The highest BCUT2D eigenvalue weighted by Gasteiger charge is 2.21. The standard InChI is InChI=1S/C64H46N4/c65-43-66-60-28-14-13-27-59(60)64(47-18-3-1-4-19-47)50-34-39-58-57-38-33-49(41-62(57)68(63(58)42-50)51-22-5-2-6-23-51)55-25-12-11-24-54(55)46-31-35-52(36-32-46)67(53-37-30-44-16-7-8-20-48(44)40-53)61-29-15-21-45-17-9-10-26-56(45)61/h1-42H,43,65H2/b64-59-,66-60-. The van der Waals surface area contributed by atoms with Gasteiger partial charge in [-0.15, -0.1) is 0 Å². The van der Waals surface area contributed by atoms with Crippen LogP contribution in [0.4, 0.5) is 17.1 Å². The number of hydrogen-bond acceptors (Lipinski definition) is 3. The Morgan fingerprint density at radius 3 is 1.85 bits per heavy atom. The van der Waals surface area contributed by atoms with E-state index in [-0.39, 0.29) is 6.67 Å². The van der Waals surface area contributed by atoms with Crippen LogP contribution in [0.2, 0.25) is 0 Å². The van der Waals surface area contributed by atoms with Crippen LogP contribution < -0.4 is 10.6 Å². The molecule has 11 aromatic rings. The molecular weight excluding hydrogens is 825 g/mol. The van der Waals surface area contributed by atoms with Crippen LogP contribution in [-0.2, 0) is 0 Å². The Bertz CT molecular complexity index is 3810. The SMILES string of the molecule is NC/N=C1/C=CC=C/C1=C(\c1ccccc1)c1ccc2c3ccc(-c4ccccc4-c4ccc(N(c5ccc6ccccc6c5)c5cccc6ccccc56)cc4)cc3n(-c3ccccc3)c2c1. The van der Waals surface area contributed by atoms with Gasteiger partial charge in [-0.25, -0.2) is 0 Å². The lowest BCUT2D eigenvalue weighted by atomic mass is 9.88. The first kappa shape index (κ1) is 40.7. The maximum absolute atomic E-state index is 6.01. The molecule has 0 unspecified atom stereocenters. The minimum Gasteiger partial charge on any atom is -0.312 e. The average Bonchev–Trinajstić information content (AvgIpc) is 3.73. The van der Waals surface area contributed by atoms with E-state index in [1.54, 1.807) is 0 Å². The summed E-state index contributed by atoms with van der Waals surface area (Å²) in [5, 5.41) is 7.23. The summed E-state index contributed by atoms with van der Waals surface area (Å²) in [6.07, 6.45) is 8.30. The fourth-order valence-electron chi connectivity index (χ4n) is 10.1. The van der Waals surface area contributed by atoms with Crippen molar-refractivity contribution in [3.63, 3.8) is 0 Å². The summed E-state index contributed by atoms with van der Waals surface area (Å²) in [6, 6.07) is 83.6. The summed E-state index contributed by atoms with van der Waals surface area (Å²) < 4.78 is 2.42. The molecule has 2 N–H and O–H groups in total. The van der Waals surface area contributed by atoms with Crippen molar-refractivity contribution in [2.24, 2.45) is 10.7 Å². The van der Waals surface area contributed by atoms with Crippen molar-refractivity contribution in [1.82, 2.24) is 4.57 Å². The molecule has 0 aliphatic heterocycles. The molecule has 68 heavy (non-hydrogen) atoms. The number of hydrogen-bond donors (Lipinski definition) is 1. The summed E-state index contributed by atoms with van der Waals surface area (Å²) in [6.45, 7) is 0.216. The summed E-state index contributed by atoms with van der Waals surface area (Å²) in [7, 11) is 0. The predicted molar refractivity (Wildman–Crippen MR) is 289 cm³/mol. The van der Waals surface area contributed by atoms with Gasteiger partial charge in [-0.1, -0.05) is 194 Å². The normalized spacial score (nSPS) is 13.8. The van der Waals surface area contributed by atoms with Crippen molar-refractivity contribution in [2.75, 3.05) is 11.6 Å². The molecule has 4 nitrogen and oxygen atoms in total. The molecule has 1 aromatic heterocycles. The molecule has 1 aliphatic carbocycles. The van der Waals surface area contributed by atoms with E-state index in [0.29, 0.717) is 0 Å². The second kappa shape index (κ2) is 17.5. The molecule has 10 aromatic carbocycles. The number of anilines is 3. The van der Waals surface area contributed by atoms with Gasteiger partial charge >= 0.3 is 0 Å². The highest BCUT2D eigenvalue weighted by atomic mass is 15.1. The van der Waals surface area contributed by atoms with Crippen LogP contribution >= 0.6 is 0 Å². The minimum absolute atomic E-state index is 0.216. The lowest BCUT2D eigenvalue weighted by Crippen LogP contribution is -2.10. The molecular formula is C64H46N4. The zero-order valence-corrected chi connectivity index (χ0v) is 37.4. The van der Waals surface area contributed by atoms with Crippen LogP contribution in [0.25, 0.3) is 76.9 Å². The topological polar surface area (TPSA) is 46.5 Å². The average molecular weight is 871 g/mol. The van der Waals surface area contributed by atoms with Gasteiger partial charge in [0.2, 0.25) is 0 Å². The van der Waals surface area contributed by atoms with Crippen molar-refractivity contribution in [1.29, 1.82) is 0 Å². The number of rotatable bonds is 9. The molecule has 322 valence electrons. The number of para-hydroxylation sites is 1. The fraction of sp³-hybridized carbons (Fsp3) is 0.0156. The molecule has 0 radical (unpaired) electrons. The van der Waals surface area contributed by atoms with E-state index in [1.165, 1.54) is 43.4 Å². The van der Waals surface area contributed by atoms with E-state index >= 15 is 0 Å². The van der Waals surface area contributed by atoms with Crippen LogP contribution in [-0.4, -0.2) is 16.9 Å². The Balaban J connectivity index is 0.988. The second-order valence-corrected chi connectivity index (χ2v) is 17.2. The van der Waals surface area contributed by atoms with Crippen molar-refractivity contribution in [3.8, 4) is 27.9 Å². The van der Waals surface area contributed by atoms with Gasteiger partial charge in [0.05, 0.1) is 29.1 Å². The minimum atomic E-state index is 0.216. The number of nitrogens with zero attached hydrogens (tertiary/aromatic N) is 3. The number of aromatic nitrogens is 1. The van der Waals surface area contributed by atoms with Gasteiger partial charge in [0.25, 0.3) is 0 Å². The van der Waals surface area contributed by atoms with E-state index in [0.717, 1.165) is 72.9 Å². The van der Waals surface area contributed by atoms with Gasteiger partial charge in [0.1, 0.15) is 0 Å². The third kappa shape index (κ3) is 7.30. The summed E-state index contributed by atoms with van der Waals surface area (Å²) in [4.78, 5) is 7.10. The van der Waals surface area contributed by atoms with Gasteiger partial charge in [-0.3, -0.25) is 4.99 Å². The number of aliphatic imine (C=N–C) groups is 1. The summed E-state index contributed by atoms with van der Waals surface area (Å²) in [5.74, 6) is 0. The molecule has 1 heterocycles. The maximum Gasteiger partial charge on any atom is 0.0866 e. The summed E-state index contributed by atoms with van der Waals surface area (Å²) >= 11 is 0. The Kier molecular flexibility index (Phi) is 10.5. The first-order valence-electron chi connectivity index (χ1n) is 23.2. The molecule has 0 saturated carbocycles. The third-order valence-corrected chi connectivity index (χ3v) is 13.2. The Morgan fingerprint density at radius 1 is 0.441 bits per heavy atom. The predicted octanol–water partition coefficient (Wildman–Crippen LogP) is 16.2. The molecule has 0 saturated heterocycles. The molecule has 12 rings (SSSR count).